The fraction of sp³-hybridized carbons (Fsp3) is 0.500. The van der Waals surface area contributed by atoms with Crippen LogP contribution in [0.2, 0.25) is 0 Å². The number of benzene rings is 1. The van der Waals surface area contributed by atoms with Gasteiger partial charge >= 0.3 is 5.97 Å². The predicted octanol–water partition coefficient (Wildman–Crippen LogP) is 1.62. The van der Waals surface area contributed by atoms with E-state index in [4.69, 9.17) is 0 Å². The summed E-state index contributed by atoms with van der Waals surface area (Å²) in [5.74, 6) is -4.16. The van der Waals surface area contributed by atoms with E-state index in [1.165, 1.54) is 4.68 Å². The van der Waals surface area contributed by atoms with Crippen LogP contribution in [0.3, 0.4) is 0 Å². The van der Waals surface area contributed by atoms with Gasteiger partial charge < -0.3 is 5.11 Å². The second kappa shape index (κ2) is 7.98. The third-order valence-electron chi connectivity index (χ3n) is 7.08. The highest BCUT2D eigenvalue weighted by Crippen LogP contribution is 2.50. The van der Waals surface area contributed by atoms with E-state index in [0.29, 0.717) is 16.9 Å². The summed E-state index contributed by atoms with van der Waals surface area (Å²) >= 11 is 0. The molecule has 9 heteroatoms. The van der Waals surface area contributed by atoms with Gasteiger partial charge in [-0.2, -0.15) is 0 Å². The van der Waals surface area contributed by atoms with Gasteiger partial charge in [0.25, 0.3) is 5.56 Å². The van der Waals surface area contributed by atoms with E-state index in [-0.39, 0.29) is 24.4 Å². The summed E-state index contributed by atoms with van der Waals surface area (Å²) < 4.78 is 3.20. The molecule has 4 atom stereocenters. The smallest absolute Gasteiger partial charge is 0.324 e. The van der Waals surface area contributed by atoms with Crippen molar-refractivity contribution < 1.29 is 19.5 Å². The quantitative estimate of drug-likeness (QED) is 0.642. The lowest BCUT2D eigenvalue weighted by Crippen LogP contribution is -2.56. The third kappa shape index (κ3) is 3.17. The number of amides is 2. The van der Waals surface area contributed by atoms with Crippen LogP contribution in [0.1, 0.15) is 44.5 Å². The predicted molar refractivity (Wildman–Crippen MR) is 121 cm³/mol. The molecular formula is C24H30N4O5. The fourth-order valence-electron chi connectivity index (χ4n) is 5.68. The zero-order chi connectivity index (χ0) is 24.2. The summed E-state index contributed by atoms with van der Waals surface area (Å²) in [7, 11) is 1.75. The van der Waals surface area contributed by atoms with Crippen molar-refractivity contribution >= 4 is 17.8 Å². The van der Waals surface area contributed by atoms with Gasteiger partial charge in [-0.05, 0) is 38.3 Å². The first-order valence-corrected chi connectivity index (χ1v) is 11.3. The number of para-hydroxylation sites is 1. The molecule has 176 valence electrons. The van der Waals surface area contributed by atoms with E-state index in [1.54, 1.807) is 37.7 Å². The maximum Gasteiger partial charge on any atom is 0.324 e. The summed E-state index contributed by atoms with van der Waals surface area (Å²) in [6.45, 7) is 7.39. The first-order valence-electron chi connectivity index (χ1n) is 11.3. The number of carbonyl (C=O) groups is 3. The number of carboxylic acids is 1. The molecule has 2 amide bonds. The first kappa shape index (κ1) is 23.0. The molecule has 9 nitrogen and oxygen atoms in total. The van der Waals surface area contributed by atoms with E-state index < -0.39 is 41.2 Å². The Morgan fingerprint density at radius 1 is 1.15 bits per heavy atom. The number of likely N-dealkylation sites (tertiary alicyclic amines) is 1. The van der Waals surface area contributed by atoms with Crippen molar-refractivity contribution in [2.45, 2.75) is 45.7 Å². The van der Waals surface area contributed by atoms with E-state index in [9.17, 15) is 24.3 Å². The van der Waals surface area contributed by atoms with Gasteiger partial charge in [-0.15, -0.1) is 0 Å². The van der Waals surface area contributed by atoms with Crippen molar-refractivity contribution in [1.29, 1.82) is 0 Å². The molecule has 3 heterocycles. The minimum atomic E-state index is -1.63. The second-order valence-electron chi connectivity index (χ2n) is 9.40. The Morgan fingerprint density at radius 2 is 1.79 bits per heavy atom. The molecule has 1 aromatic heterocycles. The Hall–Kier alpha value is -3.20. The zero-order valence-corrected chi connectivity index (χ0v) is 19.5. The lowest BCUT2D eigenvalue weighted by molar-refractivity contribution is -0.152. The number of aromatic nitrogens is 2. The van der Waals surface area contributed by atoms with Crippen LogP contribution < -0.4 is 10.9 Å². The highest BCUT2D eigenvalue weighted by atomic mass is 16.4. The third-order valence-corrected chi connectivity index (χ3v) is 7.08. The zero-order valence-electron chi connectivity index (χ0n) is 19.5. The molecule has 2 aromatic rings. The number of hydrogen-bond acceptors (Lipinski definition) is 5. The molecule has 0 aliphatic carbocycles. The van der Waals surface area contributed by atoms with Gasteiger partial charge in [0.1, 0.15) is 5.54 Å². The Kier molecular flexibility index (Phi) is 5.56. The molecule has 4 rings (SSSR count). The van der Waals surface area contributed by atoms with Gasteiger partial charge in [0.15, 0.2) is 0 Å². The van der Waals surface area contributed by atoms with Gasteiger partial charge in [-0.1, -0.05) is 32.0 Å². The Balaban J connectivity index is 1.94. The lowest BCUT2D eigenvalue weighted by atomic mass is 9.75. The van der Waals surface area contributed by atoms with E-state index in [0.717, 1.165) is 4.90 Å². The topological polar surface area (TPSA) is 114 Å². The largest absolute Gasteiger partial charge is 0.480 e. The average Bonchev–Trinajstić information content (AvgIpc) is 3.30. The number of carbonyl (C=O) groups excluding carboxylic acids is 2. The van der Waals surface area contributed by atoms with Crippen molar-refractivity contribution in [3.8, 4) is 5.69 Å². The van der Waals surface area contributed by atoms with Crippen molar-refractivity contribution in [2.24, 2.45) is 24.8 Å². The number of imide groups is 1. The average molecular weight is 455 g/mol. The van der Waals surface area contributed by atoms with Crippen LogP contribution >= 0.6 is 0 Å². The van der Waals surface area contributed by atoms with E-state index in [1.807, 2.05) is 32.0 Å². The number of aliphatic carboxylic acids is 1. The normalized spacial score (nSPS) is 27.0. The minimum Gasteiger partial charge on any atom is -0.480 e. The van der Waals surface area contributed by atoms with E-state index in [2.05, 4.69) is 5.32 Å². The monoisotopic (exact) mass is 454 g/mol. The Bertz CT molecular complexity index is 1180. The van der Waals surface area contributed by atoms with Gasteiger partial charge in [-0.3, -0.25) is 34.1 Å². The van der Waals surface area contributed by atoms with E-state index >= 15 is 0 Å². The van der Waals surface area contributed by atoms with Crippen LogP contribution in [0.4, 0.5) is 0 Å². The van der Waals surface area contributed by atoms with Gasteiger partial charge in [0.2, 0.25) is 11.8 Å². The summed E-state index contributed by atoms with van der Waals surface area (Å²) in [5, 5.41) is 13.5. The Labute approximate surface area is 192 Å². The maximum absolute atomic E-state index is 13.7. The molecule has 0 radical (unpaired) electrons. The maximum atomic E-state index is 13.7. The van der Waals surface area contributed by atoms with Crippen molar-refractivity contribution in [1.82, 2.24) is 19.6 Å². The van der Waals surface area contributed by atoms with Crippen LogP contribution in [-0.4, -0.2) is 49.2 Å². The van der Waals surface area contributed by atoms with Crippen molar-refractivity contribution in [3.05, 3.63) is 51.9 Å². The summed E-state index contributed by atoms with van der Waals surface area (Å²) in [4.78, 5) is 54.1. The number of rotatable bonds is 6. The summed E-state index contributed by atoms with van der Waals surface area (Å²) in [6.07, 6.45) is 0.162. The molecule has 2 fully saturated rings. The summed E-state index contributed by atoms with van der Waals surface area (Å²) in [6, 6.07) is 8.22. The van der Waals surface area contributed by atoms with Gasteiger partial charge in [-0.25, -0.2) is 4.68 Å². The molecular weight excluding hydrogens is 424 g/mol. The molecule has 2 N–H and O–H groups in total. The first-order chi connectivity index (χ1) is 15.6. The summed E-state index contributed by atoms with van der Waals surface area (Å²) in [5.41, 5.74) is -0.377. The number of carboxylic acid groups (broad SMARTS) is 1. The van der Waals surface area contributed by atoms with Crippen LogP contribution in [-0.2, 0) is 21.4 Å². The van der Waals surface area contributed by atoms with Crippen LogP contribution in [0.15, 0.2) is 35.1 Å². The minimum absolute atomic E-state index is 0.0515. The molecule has 2 aliphatic heterocycles. The number of fused-ring (bicyclic) bond motifs is 1. The number of nitrogens with one attached hydrogen (secondary N) is 1. The van der Waals surface area contributed by atoms with Crippen molar-refractivity contribution in [2.75, 3.05) is 6.54 Å². The second-order valence-corrected chi connectivity index (χ2v) is 9.40. The van der Waals surface area contributed by atoms with Crippen LogP contribution in [0, 0.1) is 24.7 Å². The SMILES string of the molecule is CCN1C(=O)C2C(c3c(C)n(C)n(-c4ccccc4)c3=O)NC(CC(C)C)(C(=O)O)C2C1=O. The molecule has 0 saturated carbocycles. The van der Waals surface area contributed by atoms with Gasteiger partial charge in [0.05, 0.1) is 29.1 Å². The molecule has 4 unspecified atom stereocenters. The molecule has 1 aromatic carbocycles. The van der Waals surface area contributed by atoms with Crippen LogP contribution in [0.5, 0.6) is 0 Å². The molecule has 0 spiro atoms. The van der Waals surface area contributed by atoms with Gasteiger partial charge in [0, 0.05) is 19.3 Å². The molecule has 2 saturated heterocycles. The number of nitrogens with zero attached hydrogens (tertiary/aromatic N) is 3. The Morgan fingerprint density at radius 3 is 2.33 bits per heavy atom. The molecule has 2 aliphatic rings. The molecule has 33 heavy (non-hydrogen) atoms. The highest BCUT2D eigenvalue weighted by molar-refractivity contribution is 6.09. The van der Waals surface area contributed by atoms with Crippen LogP contribution in [0.25, 0.3) is 5.69 Å². The highest BCUT2D eigenvalue weighted by Gasteiger charge is 2.68. The van der Waals surface area contributed by atoms with Crippen molar-refractivity contribution in [3.63, 3.8) is 0 Å². The number of hydrogen-bond donors (Lipinski definition) is 2. The molecule has 0 bridgehead atoms. The lowest BCUT2D eigenvalue weighted by Gasteiger charge is -2.32. The fourth-order valence-corrected chi connectivity index (χ4v) is 5.68. The standard InChI is InChI=1S/C24H30N4O5/c1-6-27-20(29)17-18(22(27)31)24(23(32)33,12-13(2)3)25-19(17)16-14(4)26(5)28(21(16)30)15-10-8-7-9-11-15/h7-11,13,17-19,25H,6,12H2,1-5H3,(H,32,33).